The lowest BCUT2D eigenvalue weighted by Gasteiger charge is -2.20. The zero-order chi connectivity index (χ0) is 23.1. The molecule has 0 aromatic heterocycles. The van der Waals surface area contributed by atoms with Crippen LogP contribution in [-0.4, -0.2) is 55.7 Å². The van der Waals surface area contributed by atoms with Gasteiger partial charge in [-0.25, -0.2) is 8.78 Å². The number of alkyl halides is 2. The number of nitrogens with one attached hydrogen (secondary N) is 3. The van der Waals surface area contributed by atoms with Gasteiger partial charge in [-0.05, 0) is 38.5 Å². The van der Waals surface area contributed by atoms with Crippen LogP contribution in [0.25, 0.3) is 0 Å². The zero-order valence-corrected chi connectivity index (χ0v) is 17.7. The number of amides is 3. The van der Waals surface area contributed by atoms with Gasteiger partial charge in [0, 0.05) is 25.6 Å². The molecule has 0 aliphatic rings. The van der Waals surface area contributed by atoms with E-state index < -0.39 is 54.4 Å². The molecule has 0 heterocycles. The summed E-state index contributed by atoms with van der Waals surface area (Å²) in [6, 6.07) is 2.53. The fourth-order valence-electron chi connectivity index (χ4n) is 2.34. The summed E-state index contributed by atoms with van der Waals surface area (Å²) < 4.78 is 31.4. The Morgan fingerprint density at radius 1 is 1.23 bits per heavy atom. The summed E-state index contributed by atoms with van der Waals surface area (Å²) in [5.74, 6) is -6.63. The van der Waals surface area contributed by atoms with Crippen molar-refractivity contribution in [3.63, 3.8) is 0 Å². The van der Waals surface area contributed by atoms with E-state index in [1.165, 1.54) is 39.3 Å². The van der Waals surface area contributed by atoms with E-state index in [1.807, 2.05) is 0 Å². The molecule has 11 heteroatoms. The molecular weight excluding hydrogens is 424 g/mol. The Morgan fingerprint density at radius 3 is 2.40 bits per heavy atom. The topological polar surface area (TPSA) is 114 Å². The molecule has 1 rings (SSSR count). The lowest BCUT2D eigenvalue weighted by atomic mass is 10.0. The van der Waals surface area contributed by atoms with Gasteiger partial charge in [-0.2, -0.15) is 0 Å². The Labute approximate surface area is 177 Å². The first-order chi connectivity index (χ1) is 13.9. The fourth-order valence-corrected chi connectivity index (χ4v) is 2.51. The molecule has 8 nitrogen and oxygen atoms in total. The van der Waals surface area contributed by atoms with Gasteiger partial charge in [-0.3, -0.25) is 19.2 Å². The molecule has 0 saturated heterocycles. The van der Waals surface area contributed by atoms with Crippen molar-refractivity contribution in [2.45, 2.75) is 44.8 Å². The molecule has 3 N–H and O–H groups in total. The summed E-state index contributed by atoms with van der Waals surface area (Å²) in [7, 11) is 2.54. The van der Waals surface area contributed by atoms with Gasteiger partial charge in [0.2, 0.25) is 11.7 Å². The van der Waals surface area contributed by atoms with E-state index in [1.54, 1.807) is 0 Å². The molecule has 30 heavy (non-hydrogen) atoms. The van der Waals surface area contributed by atoms with Crippen molar-refractivity contribution in [1.82, 2.24) is 10.6 Å². The van der Waals surface area contributed by atoms with Crippen LogP contribution in [0.1, 0.15) is 37.0 Å². The van der Waals surface area contributed by atoms with Gasteiger partial charge in [0.1, 0.15) is 6.10 Å². The Bertz CT molecular complexity index is 814. The maximum absolute atomic E-state index is 13.3. The number of rotatable bonds is 10. The number of ether oxygens (including phenoxy) is 1. The highest BCUT2D eigenvalue weighted by Crippen LogP contribution is 2.23. The molecule has 0 spiro atoms. The second kappa shape index (κ2) is 11.0. The lowest BCUT2D eigenvalue weighted by Crippen LogP contribution is -2.47. The molecule has 0 aliphatic heterocycles. The Kier molecular flexibility index (Phi) is 9.31. The molecule has 0 aliphatic carbocycles. The van der Waals surface area contributed by atoms with Gasteiger partial charge < -0.3 is 20.7 Å². The van der Waals surface area contributed by atoms with Crippen molar-refractivity contribution in [2.24, 2.45) is 0 Å². The second-order valence-corrected chi connectivity index (χ2v) is 7.07. The maximum atomic E-state index is 13.3. The summed E-state index contributed by atoms with van der Waals surface area (Å²) >= 11 is 5.93. The summed E-state index contributed by atoms with van der Waals surface area (Å²) in [5, 5.41) is 7.04. The molecule has 0 radical (unpaired) electrons. The summed E-state index contributed by atoms with van der Waals surface area (Å²) in [5.41, 5.74) is -0.0464. The van der Waals surface area contributed by atoms with Crippen molar-refractivity contribution in [3.05, 3.63) is 28.8 Å². The van der Waals surface area contributed by atoms with Crippen LogP contribution in [0.4, 0.5) is 14.5 Å². The van der Waals surface area contributed by atoms with Crippen LogP contribution in [0.3, 0.4) is 0 Å². The number of carbonyl (C=O) groups excluding carboxylic acids is 4. The summed E-state index contributed by atoms with van der Waals surface area (Å²) in [6.45, 7) is 2.16. The first-order valence-electron chi connectivity index (χ1n) is 8.97. The molecule has 0 saturated carbocycles. The van der Waals surface area contributed by atoms with E-state index in [4.69, 9.17) is 16.3 Å². The number of halogens is 3. The van der Waals surface area contributed by atoms with Crippen LogP contribution < -0.4 is 16.0 Å². The highest BCUT2D eigenvalue weighted by Gasteiger charge is 2.31. The number of ketones is 1. The van der Waals surface area contributed by atoms with Crippen molar-refractivity contribution in [1.29, 1.82) is 0 Å². The first-order valence-corrected chi connectivity index (χ1v) is 9.35. The molecule has 3 amide bonds. The van der Waals surface area contributed by atoms with Crippen molar-refractivity contribution in [2.75, 3.05) is 19.5 Å². The van der Waals surface area contributed by atoms with E-state index in [0.717, 1.165) is 0 Å². The molecule has 0 fully saturated rings. The minimum Gasteiger partial charge on any atom is -0.372 e. The number of Topliss-reactive ketones (excluding diaryl/α,β-unsaturated/α-hetero) is 1. The lowest BCUT2D eigenvalue weighted by molar-refractivity contribution is -0.139. The highest BCUT2D eigenvalue weighted by atomic mass is 35.5. The van der Waals surface area contributed by atoms with Crippen molar-refractivity contribution >= 4 is 40.8 Å². The van der Waals surface area contributed by atoms with E-state index in [9.17, 15) is 28.0 Å². The van der Waals surface area contributed by atoms with Gasteiger partial charge in [-0.15, -0.1) is 0 Å². The number of likely N-dealkylation sites (N-methyl/N-ethyl adjacent to an activating group) is 1. The van der Waals surface area contributed by atoms with Gasteiger partial charge >= 0.3 is 0 Å². The quantitative estimate of drug-likeness (QED) is 0.476. The minimum atomic E-state index is -3.10. The largest absolute Gasteiger partial charge is 0.372 e. The van der Waals surface area contributed by atoms with Gasteiger partial charge in [0.15, 0.2) is 0 Å². The number of methoxy groups -OCH3 is 1. The average Bonchev–Trinajstić information content (AvgIpc) is 2.69. The minimum absolute atomic E-state index is 0.0674. The van der Waals surface area contributed by atoms with E-state index in [0.29, 0.717) is 6.92 Å². The number of anilines is 1. The van der Waals surface area contributed by atoms with Crippen LogP contribution in [0, 0.1) is 0 Å². The van der Waals surface area contributed by atoms with E-state index >= 15 is 0 Å². The third kappa shape index (κ3) is 7.68. The third-order valence-electron chi connectivity index (χ3n) is 4.15. The predicted octanol–water partition coefficient (Wildman–Crippen LogP) is 2.16. The molecule has 1 aromatic rings. The van der Waals surface area contributed by atoms with Crippen LogP contribution in [0.2, 0.25) is 5.02 Å². The van der Waals surface area contributed by atoms with Crippen molar-refractivity contribution < 1.29 is 32.7 Å². The number of hydrogen-bond acceptors (Lipinski definition) is 5. The molecule has 2 atom stereocenters. The van der Waals surface area contributed by atoms with Crippen LogP contribution in [-0.2, 0) is 19.1 Å². The van der Waals surface area contributed by atoms with Gasteiger partial charge in [0.05, 0.1) is 17.3 Å². The van der Waals surface area contributed by atoms with Crippen LogP contribution >= 0.6 is 11.6 Å². The first kappa shape index (κ1) is 25.4. The van der Waals surface area contributed by atoms with Crippen LogP contribution in [0.5, 0.6) is 0 Å². The standard InChI is InChI=1S/C19H24ClF2N3O5/c1-10(30-4)16(27)24-13-6-5-11(20)9-12(13)17(28)25-14(7-8-19(2,21)22)15(26)18(29)23-3/h5-6,9-10,14H,7-8H2,1-4H3,(H,23,29)(H,24,27)(H,25,28)/t10-,14-/m0/s1. The second-order valence-electron chi connectivity index (χ2n) is 6.64. The number of carbonyl (C=O) groups is 4. The normalized spacial score (nSPS) is 13.2. The maximum Gasteiger partial charge on any atom is 0.289 e. The Balaban J connectivity index is 3.15. The number of benzene rings is 1. The zero-order valence-electron chi connectivity index (χ0n) is 17.0. The Morgan fingerprint density at radius 2 is 1.87 bits per heavy atom. The monoisotopic (exact) mass is 447 g/mol. The molecule has 1 aromatic carbocycles. The summed E-state index contributed by atoms with van der Waals surface area (Å²) in [6.07, 6.45) is -2.01. The molecule has 0 unspecified atom stereocenters. The predicted molar refractivity (Wildman–Crippen MR) is 107 cm³/mol. The van der Waals surface area contributed by atoms with E-state index in [-0.39, 0.29) is 16.3 Å². The Hall–Kier alpha value is -2.59. The summed E-state index contributed by atoms with van der Waals surface area (Å²) in [4.78, 5) is 48.8. The average molecular weight is 448 g/mol. The molecule has 0 bridgehead atoms. The fraction of sp³-hybridized carbons (Fsp3) is 0.474. The van der Waals surface area contributed by atoms with Gasteiger partial charge in [0.25, 0.3) is 17.7 Å². The SMILES string of the molecule is CNC(=O)C(=O)[C@H](CCC(C)(F)F)NC(=O)c1cc(Cl)ccc1NC(=O)[C@H](C)OC. The van der Waals surface area contributed by atoms with E-state index in [2.05, 4.69) is 16.0 Å². The smallest absolute Gasteiger partial charge is 0.289 e. The molecular formula is C19H24ClF2N3O5. The number of hydrogen-bond donors (Lipinski definition) is 3. The third-order valence-corrected chi connectivity index (χ3v) is 4.39. The van der Waals surface area contributed by atoms with Crippen LogP contribution in [0.15, 0.2) is 18.2 Å². The highest BCUT2D eigenvalue weighted by molar-refractivity contribution is 6.38. The van der Waals surface area contributed by atoms with Crippen molar-refractivity contribution in [3.8, 4) is 0 Å². The molecule has 166 valence electrons. The van der Waals surface area contributed by atoms with Gasteiger partial charge in [-0.1, -0.05) is 11.6 Å².